The summed E-state index contributed by atoms with van der Waals surface area (Å²) in [5.74, 6) is 0.659. The van der Waals surface area contributed by atoms with Crippen molar-refractivity contribution in [1.82, 2.24) is 9.55 Å². The highest BCUT2D eigenvalue weighted by molar-refractivity contribution is 14.1. The van der Waals surface area contributed by atoms with Crippen molar-refractivity contribution in [3.8, 4) is 17.1 Å². The lowest BCUT2D eigenvalue weighted by atomic mass is 10.2. The van der Waals surface area contributed by atoms with Gasteiger partial charge in [0.2, 0.25) is 0 Å². The molecule has 0 aliphatic rings. The largest absolute Gasteiger partial charge is 0.507 e. The molecule has 0 unspecified atom stereocenters. The zero-order valence-corrected chi connectivity index (χ0v) is 13.8. The molecule has 0 amide bonds. The highest BCUT2D eigenvalue weighted by atomic mass is 127. The number of aromatic hydroxyl groups is 1. The van der Waals surface area contributed by atoms with Crippen molar-refractivity contribution in [2.45, 2.75) is 19.9 Å². The van der Waals surface area contributed by atoms with Gasteiger partial charge < -0.3 is 9.67 Å². The van der Waals surface area contributed by atoms with E-state index in [0.717, 1.165) is 20.5 Å². The summed E-state index contributed by atoms with van der Waals surface area (Å²) in [6.45, 7) is 4.11. The van der Waals surface area contributed by atoms with Gasteiger partial charge in [-0.05, 0) is 66.8 Å². The minimum Gasteiger partial charge on any atom is -0.507 e. The van der Waals surface area contributed by atoms with Crippen LogP contribution in [-0.4, -0.2) is 14.7 Å². The van der Waals surface area contributed by atoms with Crippen LogP contribution in [0.4, 0.5) is 4.39 Å². The molecule has 0 aliphatic carbocycles. The summed E-state index contributed by atoms with van der Waals surface area (Å²) >= 11 is 2.07. The number of halogens is 2. The minimum absolute atomic E-state index is 0.178. The molecule has 3 rings (SSSR count). The van der Waals surface area contributed by atoms with Gasteiger partial charge in [-0.25, -0.2) is 9.37 Å². The molecule has 0 atom stereocenters. The standard InChI is InChI=1S/C16H14FIN2O/c1-9(2)20-14-6-4-11(17)8-13(14)19-16(20)10-3-5-12(18)15(21)7-10/h3-9,21H,1-2H3. The summed E-state index contributed by atoms with van der Waals surface area (Å²) in [7, 11) is 0. The molecule has 3 nitrogen and oxygen atoms in total. The molecule has 5 heteroatoms. The third-order valence-corrected chi connectivity index (χ3v) is 4.28. The van der Waals surface area contributed by atoms with Crippen molar-refractivity contribution in [3.63, 3.8) is 0 Å². The van der Waals surface area contributed by atoms with Gasteiger partial charge in [0.1, 0.15) is 17.4 Å². The Morgan fingerprint density at radius 3 is 2.62 bits per heavy atom. The number of nitrogens with zero attached hydrogens (tertiary/aromatic N) is 2. The molecule has 1 N–H and O–H groups in total. The Morgan fingerprint density at radius 2 is 1.95 bits per heavy atom. The molecule has 0 saturated heterocycles. The maximum absolute atomic E-state index is 13.4. The van der Waals surface area contributed by atoms with Gasteiger partial charge in [-0.2, -0.15) is 0 Å². The topological polar surface area (TPSA) is 38.0 Å². The number of rotatable bonds is 2. The normalized spacial score (nSPS) is 11.5. The van der Waals surface area contributed by atoms with E-state index in [9.17, 15) is 9.50 Å². The number of aromatic nitrogens is 2. The SMILES string of the molecule is CC(C)n1c(-c2ccc(I)c(O)c2)nc2cc(F)ccc21. The van der Waals surface area contributed by atoms with Crippen molar-refractivity contribution < 1.29 is 9.50 Å². The van der Waals surface area contributed by atoms with Crippen LogP contribution >= 0.6 is 22.6 Å². The van der Waals surface area contributed by atoms with Crippen LogP contribution in [0.15, 0.2) is 36.4 Å². The monoisotopic (exact) mass is 396 g/mol. The van der Waals surface area contributed by atoms with Gasteiger partial charge in [0.05, 0.1) is 14.6 Å². The second kappa shape index (κ2) is 5.29. The Balaban J connectivity index is 2.30. The van der Waals surface area contributed by atoms with E-state index in [1.54, 1.807) is 12.1 Å². The van der Waals surface area contributed by atoms with Crippen LogP contribution in [0.25, 0.3) is 22.4 Å². The van der Waals surface area contributed by atoms with Gasteiger partial charge in [-0.1, -0.05) is 0 Å². The molecule has 0 bridgehead atoms. The predicted molar refractivity (Wildman–Crippen MR) is 89.9 cm³/mol. The van der Waals surface area contributed by atoms with Gasteiger partial charge in [0, 0.05) is 17.7 Å². The zero-order chi connectivity index (χ0) is 15.1. The lowest BCUT2D eigenvalue weighted by molar-refractivity contribution is 0.471. The van der Waals surface area contributed by atoms with Crippen LogP contribution in [0.2, 0.25) is 0 Å². The zero-order valence-electron chi connectivity index (χ0n) is 11.6. The number of phenols is 1. The number of benzene rings is 2. The molecule has 3 aromatic rings. The third-order valence-electron chi connectivity index (χ3n) is 3.37. The molecule has 0 fully saturated rings. The van der Waals surface area contributed by atoms with Crippen LogP contribution < -0.4 is 0 Å². The summed E-state index contributed by atoms with van der Waals surface area (Å²) in [4.78, 5) is 4.55. The fourth-order valence-corrected chi connectivity index (χ4v) is 2.79. The highest BCUT2D eigenvalue weighted by Gasteiger charge is 2.16. The Hall–Kier alpha value is -1.63. The maximum atomic E-state index is 13.4. The quantitative estimate of drug-likeness (QED) is 0.636. The van der Waals surface area contributed by atoms with Crippen LogP contribution in [0.1, 0.15) is 19.9 Å². The summed E-state index contributed by atoms with van der Waals surface area (Å²) in [6.07, 6.45) is 0. The van der Waals surface area contributed by atoms with Crippen molar-refractivity contribution in [3.05, 3.63) is 45.8 Å². The van der Waals surface area contributed by atoms with E-state index in [4.69, 9.17) is 0 Å². The third kappa shape index (κ3) is 2.50. The predicted octanol–water partition coefficient (Wildman–Crippen LogP) is 4.73. The number of hydrogen-bond donors (Lipinski definition) is 1. The van der Waals surface area contributed by atoms with E-state index >= 15 is 0 Å². The molecule has 0 aliphatic heterocycles. The molecule has 0 radical (unpaired) electrons. The van der Waals surface area contributed by atoms with Crippen molar-refractivity contribution in [2.24, 2.45) is 0 Å². The lowest BCUT2D eigenvalue weighted by Gasteiger charge is -2.13. The number of phenolic OH excluding ortho intramolecular Hbond substituents is 1. The van der Waals surface area contributed by atoms with E-state index < -0.39 is 0 Å². The summed E-state index contributed by atoms with van der Waals surface area (Å²) in [5, 5.41) is 9.91. The van der Waals surface area contributed by atoms with Crippen LogP contribution in [-0.2, 0) is 0 Å². The summed E-state index contributed by atoms with van der Waals surface area (Å²) in [5.41, 5.74) is 2.33. The molecule has 1 aromatic heterocycles. The van der Waals surface area contributed by atoms with Crippen LogP contribution in [0.5, 0.6) is 5.75 Å². The molecule has 108 valence electrons. The Morgan fingerprint density at radius 1 is 1.19 bits per heavy atom. The van der Waals surface area contributed by atoms with Crippen molar-refractivity contribution in [1.29, 1.82) is 0 Å². The average molecular weight is 396 g/mol. The van der Waals surface area contributed by atoms with Gasteiger partial charge in [-0.3, -0.25) is 0 Å². The van der Waals surface area contributed by atoms with E-state index in [2.05, 4.69) is 46.0 Å². The van der Waals surface area contributed by atoms with E-state index in [0.29, 0.717) is 5.52 Å². The summed E-state index contributed by atoms with van der Waals surface area (Å²) < 4.78 is 16.2. The van der Waals surface area contributed by atoms with Gasteiger partial charge in [0.15, 0.2) is 0 Å². The first-order valence-electron chi connectivity index (χ1n) is 6.63. The van der Waals surface area contributed by atoms with Gasteiger partial charge in [-0.15, -0.1) is 0 Å². The molecular weight excluding hydrogens is 382 g/mol. The second-order valence-corrected chi connectivity index (χ2v) is 6.36. The van der Waals surface area contributed by atoms with E-state index in [-0.39, 0.29) is 17.6 Å². The first kappa shape index (κ1) is 14.3. The molecule has 2 aromatic carbocycles. The fraction of sp³-hybridized carbons (Fsp3) is 0.188. The van der Waals surface area contributed by atoms with Gasteiger partial charge in [0.25, 0.3) is 0 Å². The number of hydrogen-bond acceptors (Lipinski definition) is 2. The first-order chi connectivity index (χ1) is 9.97. The van der Waals surface area contributed by atoms with Crippen LogP contribution in [0, 0.1) is 9.39 Å². The van der Waals surface area contributed by atoms with Gasteiger partial charge >= 0.3 is 0 Å². The molecule has 0 saturated carbocycles. The second-order valence-electron chi connectivity index (χ2n) is 5.20. The highest BCUT2D eigenvalue weighted by Crippen LogP contribution is 2.31. The fourth-order valence-electron chi connectivity index (χ4n) is 2.45. The van der Waals surface area contributed by atoms with Crippen molar-refractivity contribution in [2.75, 3.05) is 0 Å². The van der Waals surface area contributed by atoms with Crippen molar-refractivity contribution >= 4 is 33.6 Å². The average Bonchev–Trinajstić information content (AvgIpc) is 2.80. The van der Waals surface area contributed by atoms with E-state index in [1.807, 2.05) is 12.1 Å². The minimum atomic E-state index is -0.298. The Bertz CT molecular complexity index is 827. The number of imidazole rings is 1. The molecule has 0 spiro atoms. The Labute approximate surface area is 135 Å². The number of fused-ring (bicyclic) bond motifs is 1. The Kier molecular flexibility index (Phi) is 3.61. The smallest absolute Gasteiger partial charge is 0.141 e. The molecule has 1 heterocycles. The molecule has 21 heavy (non-hydrogen) atoms. The molecular formula is C16H14FIN2O. The first-order valence-corrected chi connectivity index (χ1v) is 7.71. The summed E-state index contributed by atoms with van der Waals surface area (Å²) in [6, 6.07) is 10.2. The lowest BCUT2D eigenvalue weighted by Crippen LogP contribution is -2.03. The van der Waals surface area contributed by atoms with E-state index in [1.165, 1.54) is 12.1 Å². The van der Waals surface area contributed by atoms with Crippen LogP contribution in [0.3, 0.4) is 0 Å². The maximum Gasteiger partial charge on any atom is 0.141 e.